The average Bonchev–Trinajstić information content (AvgIpc) is 2.98. The van der Waals surface area contributed by atoms with Crippen LogP contribution >= 0.6 is 0 Å². The van der Waals surface area contributed by atoms with E-state index in [1.54, 1.807) is 12.1 Å². The van der Waals surface area contributed by atoms with E-state index in [1.807, 2.05) is 30.3 Å². The second-order valence-corrected chi connectivity index (χ2v) is 6.85. The van der Waals surface area contributed by atoms with Gasteiger partial charge < -0.3 is 9.52 Å². The highest BCUT2D eigenvalue weighted by molar-refractivity contribution is 7.89. The van der Waals surface area contributed by atoms with Gasteiger partial charge in [0.25, 0.3) is 0 Å². The van der Waals surface area contributed by atoms with E-state index in [4.69, 9.17) is 14.7 Å². The predicted molar refractivity (Wildman–Crippen MR) is 90.1 cm³/mol. The summed E-state index contributed by atoms with van der Waals surface area (Å²) in [5, 5.41) is 14.1. The molecule has 128 valence electrons. The van der Waals surface area contributed by atoms with Crippen molar-refractivity contribution in [2.45, 2.75) is 11.3 Å². The van der Waals surface area contributed by atoms with Crippen LogP contribution in [0.2, 0.25) is 0 Å². The summed E-state index contributed by atoms with van der Waals surface area (Å²) in [6.45, 7) is 0. The van der Waals surface area contributed by atoms with Crippen LogP contribution in [-0.2, 0) is 21.2 Å². The molecule has 0 aliphatic carbocycles. The van der Waals surface area contributed by atoms with Crippen LogP contribution in [0.15, 0.2) is 63.9 Å². The fourth-order valence-corrected chi connectivity index (χ4v) is 2.87. The van der Waals surface area contributed by atoms with Crippen molar-refractivity contribution in [3.63, 3.8) is 0 Å². The molecular formula is C17H14N2O5S. The molecule has 0 spiro atoms. The lowest BCUT2D eigenvalue weighted by Gasteiger charge is -2.03. The van der Waals surface area contributed by atoms with E-state index in [1.165, 1.54) is 12.1 Å². The largest absolute Gasteiger partial charge is 0.481 e. The molecule has 0 atom stereocenters. The quantitative estimate of drug-likeness (QED) is 0.721. The summed E-state index contributed by atoms with van der Waals surface area (Å²) in [6, 6.07) is 14.9. The summed E-state index contributed by atoms with van der Waals surface area (Å²) in [7, 11) is -3.80. The number of rotatable bonds is 5. The standard InChI is InChI=1S/C17H14N2O5S/c18-25(22,23)13-8-6-11(7-9-13)16-17(12-4-2-1-3-5-12)24-14(19-16)10-15(20)21/h1-9H,10H2,(H,20,21)(H2,18,22,23). The van der Waals surface area contributed by atoms with Gasteiger partial charge in [-0.2, -0.15) is 0 Å². The number of benzene rings is 2. The van der Waals surface area contributed by atoms with Crippen LogP contribution in [0, 0.1) is 0 Å². The molecule has 1 aromatic heterocycles. The summed E-state index contributed by atoms with van der Waals surface area (Å²) in [4.78, 5) is 15.2. The van der Waals surface area contributed by atoms with Crippen molar-refractivity contribution >= 4 is 16.0 Å². The smallest absolute Gasteiger partial charge is 0.312 e. The number of nitrogens with two attached hydrogens (primary N) is 1. The Bertz CT molecular complexity index is 1010. The number of nitrogens with zero attached hydrogens (tertiary/aromatic N) is 1. The van der Waals surface area contributed by atoms with Gasteiger partial charge in [0.05, 0.1) is 4.90 Å². The zero-order valence-corrected chi connectivity index (χ0v) is 13.7. The summed E-state index contributed by atoms with van der Waals surface area (Å²) in [5.74, 6) is -0.575. The van der Waals surface area contributed by atoms with Gasteiger partial charge in [-0.1, -0.05) is 42.5 Å². The monoisotopic (exact) mass is 358 g/mol. The molecule has 7 nitrogen and oxygen atoms in total. The number of carboxylic acids is 1. The highest BCUT2D eigenvalue weighted by Crippen LogP contribution is 2.33. The van der Waals surface area contributed by atoms with Gasteiger partial charge in [-0.3, -0.25) is 4.79 Å². The molecule has 0 bridgehead atoms. The maximum Gasteiger partial charge on any atom is 0.312 e. The Morgan fingerprint density at radius 1 is 1.04 bits per heavy atom. The number of carboxylic acid groups (broad SMARTS) is 1. The third-order valence-corrected chi connectivity index (χ3v) is 4.40. The van der Waals surface area contributed by atoms with Crippen LogP contribution in [0.5, 0.6) is 0 Å². The maximum atomic E-state index is 11.4. The number of hydrogen-bond acceptors (Lipinski definition) is 5. The molecule has 8 heteroatoms. The van der Waals surface area contributed by atoms with Crippen molar-refractivity contribution in [1.29, 1.82) is 0 Å². The van der Waals surface area contributed by atoms with Gasteiger partial charge in [-0.05, 0) is 12.1 Å². The van der Waals surface area contributed by atoms with E-state index in [0.717, 1.165) is 5.56 Å². The Balaban J connectivity index is 2.11. The maximum absolute atomic E-state index is 11.4. The topological polar surface area (TPSA) is 123 Å². The molecule has 0 aliphatic rings. The van der Waals surface area contributed by atoms with Gasteiger partial charge in [0.15, 0.2) is 5.76 Å². The minimum atomic E-state index is -3.80. The minimum Gasteiger partial charge on any atom is -0.481 e. The molecule has 0 saturated carbocycles. The van der Waals surface area contributed by atoms with Gasteiger partial charge in [-0.25, -0.2) is 18.5 Å². The van der Waals surface area contributed by atoms with E-state index in [2.05, 4.69) is 4.98 Å². The third kappa shape index (κ3) is 3.76. The normalized spacial score (nSPS) is 11.4. The number of carbonyl (C=O) groups is 1. The van der Waals surface area contributed by atoms with Gasteiger partial charge in [0.2, 0.25) is 15.9 Å². The third-order valence-electron chi connectivity index (χ3n) is 3.47. The Labute approximate surface area is 143 Å². The minimum absolute atomic E-state index is 0.0215. The molecule has 2 aromatic carbocycles. The van der Waals surface area contributed by atoms with Crippen molar-refractivity contribution in [3.8, 4) is 22.6 Å². The molecule has 0 saturated heterocycles. The summed E-state index contributed by atoms with van der Waals surface area (Å²) < 4.78 is 28.4. The molecule has 3 aromatic rings. The van der Waals surface area contributed by atoms with Crippen LogP contribution in [0.1, 0.15) is 5.89 Å². The number of aromatic nitrogens is 1. The second kappa shape index (κ2) is 6.50. The van der Waals surface area contributed by atoms with Crippen molar-refractivity contribution in [3.05, 3.63) is 60.5 Å². The first-order valence-corrected chi connectivity index (χ1v) is 8.79. The molecular weight excluding hydrogens is 344 g/mol. The lowest BCUT2D eigenvalue weighted by molar-refractivity contribution is -0.136. The van der Waals surface area contributed by atoms with Crippen molar-refractivity contribution < 1.29 is 22.7 Å². The number of primary sulfonamides is 1. The first kappa shape index (κ1) is 16.9. The van der Waals surface area contributed by atoms with Crippen molar-refractivity contribution in [2.24, 2.45) is 5.14 Å². The van der Waals surface area contributed by atoms with Gasteiger partial charge in [0.1, 0.15) is 12.1 Å². The van der Waals surface area contributed by atoms with Gasteiger partial charge in [0, 0.05) is 11.1 Å². The average molecular weight is 358 g/mol. The lowest BCUT2D eigenvalue weighted by atomic mass is 10.1. The van der Waals surface area contributed by atoms with Crippen molar-refractivity contribution in [1.82, 2.24) is 4.98 Å². The fourth-order valence-electron chi connectivity index (χ4n) is 2.35. The number of sulfonamides is 1. The lowest BCUT2D eigenvalue weighted by Crippen LogP contribution is -2.11. The van der Waals surface area contributed by atoms with Crippen LogP contribution in [0.3, 0.4) is 0 Å². The number of oxazole rings is 1. The zero-order chi connectivity index (χ0) is 18.0. The van der Waals surface area contributed by atoms with E-state index in [0.29, 0.717) is 17.0 Å². The van der Waals surface area contributed by atoms with E-state index < -0.39 is 16.0 Å². The molecule has 0 fully saturated rings. The Morgan fingerprint density at radius 2 is 1.68 bits per heavy atom. The van der Waals surface area contributed by atoms with E-state index in [-0.39, 0.29) is 17.2 Å². The first-order valence-electron chi connectivity index (χ1n) is 7.25. The summed E-state index contributed by atoms with van der Waals surface area (Å²) in [5.41, 5.74) is 1.76. The molecule has 0 amide bonds. The first-order chi connectivity index (χ1) is 11.8. The molecule has 0 radical (unpaired) electrons. The molecule has 3 rings (SSSR count). The molecule has 0 unspecified atom stereocenters. The fraction of sp³-hybridized carbons (Fsp3) is 0.0588. The highest BCUT2D eigenvalue weighted by Gasteiger charge is 2.19. The highest BCUT2D eigenvalue weighted by atomic mass is 32.2. The Hall–Kier alpha value is -2.97. The summed E-state index contributed by atoms with van der Waals surface area (Å²) >= 11 is 0. The number of aliphatic carboxylic acids is 1. The summed E-state index contributed by atoms with van der Waals surface area (Å²) in [6.07, 6.45) is -0.352. The van der Waals surface area contributed by atoms with Crippen LogP contribution in [0.25, 0.3) is 22.6 Å². The molecule has 1 heterocycles. The predicted octanol–water partition coefficient (Wildman–Crippen LogP) is 2.28. The second-order valence-electron chi connectivity index (χ2n) is 5.29. The van der Waals surface area contributed by atoms with E-state index in [9.17, 15) is 13.2 Å². The van der Waals surface area contributed by atoms with Crippen LogP contribution in [0.4, 0.5) is 0 Å². The molecule has 3 N–H and O–H groups in total. The zero-order valence-electron chi connectivity index (χ0n) is 12.9. The van der Waals surface area contributed by atoms with Crippen LogP contribution < -0.4 is 5.14 Å². The van der Waals surface area contributed by atoms with Gasteiger partial charge >= 0.3 is 5.97 Å². The van der Waals surface area contributed by atoms with E-state index >= 15 is 0 Å². The van der Waals surface area contributed by atoms with Gasteiger partial charge in [-0.15, -0.1) is 0 Å². The van der Waals surface area contributed by atoms with Crippen molar-refractivity contribution in [2.75, 3.05) is 0 Å². The Morgan fingerprint density at radius 3 is 2.24 bits per heavy atom. The number of hydrogen-bond donors (Lipinski definition) is 2. The SMILES string of the molecule is NS(=O)(=O)c1ccc(-c2nc(CC(=O)O)oc2-c2ccccc2)cc1. The van der Waals surface area contributed by atoms with Crippen LogP contribution in [-0.4, -0.2) is 24.5 Å². The molecule has 0 aliphatic heterocycles. The molecule has 25 heavy (non-hydrogen) atoms. The Kier molecular flexibility index (Phi) is 4.39.